The Hall–Kier alpha value is -6.65. The third kappa shape index (κ3) is 17.4. The van der Waals surface area contributed by atoms with Crippen molar-refractivity contribution in [2.45, 2.75) is 20.3 Å². The zero-order valence-corrected chi connectivity index (χ0v) is 33.3. The molecule has 0 aromatic heterocycles. The van der Waals surface area contributed by atoms with Gasteiger partial charge in [-0.3, -0.25) is 15.4 Å². The van der Waals surface area contributed by atoms with Crippen LogP contribution in [0, 0.1) is 0 Å². The van der Waals surface area contributed by atoms with E-state index in [0.717, 1.165) is 6.08 Å². The summed E-state index contributed by atoms with van der Waals surface area (Å²) in [6.45, 7) is 8.60. The van der Waals surface area contributed by atoms with E-state index < -0.39 is 42.8 Å². The summed E-state index contributed by atoms with van der Waals surface area (Å²) in [5.74, 6) is -1.72. The maximum atomic E-state index is 12.3. The fourth-order valence-electron chi connectivity index (χ4n) is 3.98. The first-order valence-electron chi connectivity index (χ1n) is 17.1. The van der Waals surface area contributed by atoms with Gasteiger partial charge in [0.2, 0.25) is 0 Å². The van der Waals surface area contributed by atoms with Crippen LogP contribution in [0.2, 0.25) is 0 Å². The molecule has 0 fully saturated rings. The summed E-state index contributed by atoms with van der Waals surface area (Å²) in [7, 11) is 0. The van der Waals surface area contributed by atoms with E-state index in [1.165, 1.54) is 62.4 Å². The number of amides is 2. The molecule has 0 saturated carbocycles. The lowest BCUT2D eigenvalue weighted by Gasteiger charge is -2.23. The largest absolute Gasteiger partial charge is 0.490 e. The molecule has 19 heteroatoms. The Morgan fingerprint density at radius 2 is 0.931 bits per heavy atom. The van der Waals surface area contributed by atoms with E-state index in [4.69, 9.17) is 53.8 Å². The Morgan fingerprint density at radius 1 is 0.569 bits per heavy atom. The van der Waals surface area contributed by atoms with Crippen LogP contribution < -0.4 is 24.2 Å². The first-order chi connectivity index (χ1) is 27.6. The van der Waals surface area contributed by atoms with Crippen molar-refractivity contribution >= 4 is 66.0 Å². The lowest BCUT2D eigenvalue weighted by atomic mass is 10.1. The fraction of sp³-hybridized carbons (Fsp3) is 0.231. The van der Waals surface area contributed by atoms with Crippen LogP contribution in [0.25, 0.3) is 0 Å². The van der Waals surface area contributed by atoms with Crippen LogP contribution >= 0.6 is 6.72 Å². The second-order valence-electron chi connectivity index (χ2n) is 11.5. The number of hydrogen-bond donors (Lipinski definition) is 2. The fourth-order valence-corrected chi connectivity index (χ4v) is 6.00. The highest BCUT2D eigenvalue weighted by molar-refractivity contribution is 8.08. The third-order valence-electron chi connectivity index (χ3n) is 6.68. The maximum absolute atomic E-state index is 12.3. The monoisotopic (exact) mass is 840 g/mol. The normalized spacial score (nSPS) is 11.2. The van der Waals surface area contributed by atoms with E-state index in [9.17, 15) is 28.8 Å². The van der Waals surface area contributed by atoms with Crippen LogP contribution in [0.1, 0.15) is 19.4 Å². The van der Waals surface area contributed by atoms with E-state index in [-0.39, 0.29) is 74.5 Å². The number of ether oxygens (including phenoxy) is 6. The molecule has 308 valence electrons. The first-order valence-corrected chi connectivity index (χ1v) is 19.7. The Labute approximate surface area is 339 Å². The van der Waals surface area contributed by atoms with E-state index in [1.807, 2.05) is 0 Å². The zero-order valence-electron chi connectivity index (χ0n) is 31.6. The minimum Gasteiger partial charge on any atom is -0.462 e. The van der Waals surface area contributed by atoms with Crippen LogP contribution in [0.3, 0.4) is 0 Å². The van der Waals surface area contributed by atoms with Crippen molar-refractivity contribution in [1.29, 1.82) is 0 Å². The Bertz CT molecular complexity index is 1900. The number of esters is 4. The molecule has 0 saturated heterocycles. The first kappa shape index (κ1) is 45.7. The van der Waals surface area contributed by atoms with E-state index >= 15 is 0 Å². The summed E-state index contributed by atoms with van der Waals surface area (Å²) in [6, 6.07) is 18.4. The Morgan fingerprint density at radius 3 is 1.33 bits per heavy atom. The molecule has 3 aromatic rings. The highest BCUT2D eigenvalue weighted by atomic mass is 32.5. The van der Waals surface area contributed by atoms with Crippen LogP contribution in [-0.4, -0.2) is 75.7 Å². The standard InChI is InChI=1S/C39H41N2O15PS/c1-6-34(42)48-20-23-52-38(46)40-29-9-15-32(16-10-29)55-57(58,54-31-13-7-28(8-14-31)25-35(43)49-19-21-50-36(44)26(2)3)56-33-17-11-30(12-18-33)41-39(47)53-24-22-51-37(45)27(4)5/h6-18H,1-2,4,19-25H2,3,5H3,(H,40,46)(H,41,47). The molecule has 0 bridgehead atoms. The van der Waals surface area contributed by atoms with Gasteiger partial charge in [0.15, 0.2) is 0 Å². The van der Waals surface area contributed by atoms with Gasteiger partial charge in [-0.2, -0.15) is 0 Å². The predicted molar refractivity (Wildman–Crippen MR) is 213 cm³/mol. The van der Waals surface area contributed by atoms with Crippen molar-refractivity contribution in [1.82, 2.24) is 0 Å². The van der Waals surface area contributed by atoms with Gasteiger partial charge < -0.3 is 42.0 Å². The molecule has 3 aromatic carbocycles. The molecule has 0 heterocycles. The van der Waals surface area contributed by atoms with Gasteiger partial charge in [-0.05, 0) is 80.1 Å². The molecule has 0 aliphatic rings. The predicted octanol–water partition coefficient (Wildman–Crippen LogP) is 6.60. The van der Waals surface area contributed by atoms with Crippen LogP contribution in [0.5, 0.6) is 17.2 Å². The van der Waals surface area contributed by atoms with Crippen molar-refractivity contribution in [2.24, 2.45) is 0 Å². The number of rotatable bonds is 22. The van der Waals surface area contributed by atoms with Gasteiger partial charge in [0.05, 0.1) is 6.42 Å². The van der Waals surface area contributed by atoms with Crippen molar-refractivity contribution < 1.29 is 70.8 Å². The summed E-state index contributed by atoms with van der Waals surface area (Å²) in [5.41, 5.74) is 1.71. The average Bonchev–Trinajstić information content (AvgIpc) is 3.18. The zero-order chi connectivity index (χ0) is 42.5. The van der Waals surface area contributed by atoms with E-state index in [2.05, 4.69) is 30.4 Å². The minimum atomic E-state index is -3.74. The second-order valence-corrected chi connectivity index (χ2v) is 14.3. The quantitative estimate of drug-likeness (QED) is 0.0359. The molecule has 0 radical (unpaired) electrons. The van der Waals surface area contributed by atoms with Gasteiger partial charge >= 0.3 is 42.8 Å². The summed E-state index contributed by atoms with van der Waals surface area (Å²) >= 11 is 5.80. The van der Waals surface area contributed by atoms with E-state index in [0.29, 0.717) is 16.9 Å². The number of carbonyl (C=O) groups excluding carboxylic acids is 6. The number of carbonyl (C=O) groups is 6. The van der Waals surface area contributed by atoms with E-state index in [1.54, 1.807) is 24.3 Å². The smallest absolute Gasteiger partial charge is 0.462 e. The van der Waals surface area contributed by atoms with Crippen molar-refractivity contribution in [3.8, 4) is 17.2 Å². The number of benzene rings is 3. The highest BCUT2D eigenvalue weighted by Crippen LogP contribution is 2.50. The molecule has 2 N–H and O–H groups in total. The maximum Gasteiger partial charge on any atom is 0.490 e. The summed E-state index contributed by atoms with van der Waals surface area (Å²) in [5, 5.41) is 5.05. The molecule has 1 unspecified atom stereocenters. The summed E-state index contributed by atoms with van der Waals surface area (Å²) < 4.78 is 47.9. The molecule has 0 aliphatic heterocycles. The Kier molecular flexibility index (Phi) is 18.5. The average molecular weight is 841 g/mol. The molecule has 17 nitrogen and oxygen atoms in total. The number of anilines is 2. The number of hydrogen-bond acceptors (Lipinski definition) is 16. The molecular formula is C39H41N2O15PS. The van der Waals surface area contributed by atoms with Crippen molar-refractivity contribution in [2.75, 3.05) is 50.3 Å². The molecule has 3 rings (SSSR count). The van der Waals surface area contributed by atoms with Crippen LogP contribution in [0.15, 0.2) is 110 Å². The topological polar surface area (TPSA) is 210 Å². The molecule has 0 aliphatic carbocycles. The molecule has 1 atom stereocenters. The second kappa shape index (κ2) is 23.4. The van der Waals surface area contributed by atoms with Crippen molar-refractivity contribution in [3.05, 3.63) is 115 Å². The third-order valence-corrected chi connectivity index (χ3v) is 8.65. The Balaban J connectivity index is 1.67. The highest BCUT2D eigenvalue weighted by Gasteiger charge is 2.27. The van der Waals surface area contributed by atoms with Gasteiger partial charge in [0.1, 0.15) is 56.9 Å². The van der Waals surface area contributed by atoms with Gasteiger partial charge in [-0.25, -0.2) is 24.0 Å². The minimum absolute atomic E-state index is 0.0804. The molecule has 2 amide bonds. The lowest BCUT2D eigenvalue weighted by molar-refractivity contribution is -0.149. The van der Waals surface area contributed by atoms with Crippen LogP contribution in [0.4, 0.5) is 21.0 Å². The molecule has 58 heavy (non-hydrogen) atoms. The summed E-state index contributed by atoms with van der Waals surface area (Å²) in [4.78, 5) is 70.7. The molecular weight excluding hydrogens is 799 g/mol. The SMILES string of the molecule is C=CC(=O)OCCOC(=O)Nc1ccc(OP(=S)(Oc2ccc(CC(=O)OCCOC(=O)C(=C)C)cc2)Oc2ccc(NC(=O)OCCOC(=O)C(=C)C)cc2)cc1. The van der Waals surface area contributed by atoms with Gasteiger partial charge in [0.25, 0.3) is 0 Å². The summed E-state index contributed by atoms with van der Waals surface area (Å²) in [6.07, 6.45) is -0.681. The molecule has 0 spiro atoms. The number of nitrogens with one attached hydrogen (secondary N) is 2. The van der Waals surface area contributed by atoms with Crippen LogP contribution in [-0.2, 0) is 65.8 Å². The van der Waals surface area contributed by atoms with Gasteiger partial charge in [0, 0.05) is 40.4 Å². The lowest BCUT2D eigenvalue weighted by Crippen LogP contribution is -2.18. The van der Waals surface area contributed by atoms with Gasteiger partial charge in [-0.1, -0.05) is 31.9 Å². The van der Waals surface area contributed by atoms with Gasteiger partial charge in [-0.15, -0.1) is 0 Å². The van der Waals surface area contributed by atoms with Crippen molar-refractivity contribution in [3.63, 3.8) is 0 Å².